The number of rotatable bonds is 6. The second-order valence-electron chi connectivity index (χ2n) is 5.69. The lowest BCUT2D eigenvalue weighted by Gasteiger charge is -2.39. The minimum atomic E-state index is -0.497. The first-order valence-electron chi connectivity index (χ1n) is 8.17. The first kappa shape index (κ1) is 16.0. The summed E-state index contributed by atoms with van der Waals surface area (Å²) in [4.78, 5) is 15.3. The molecule has 0 N–H and O–H groups in total. The summed E-state index contributed by atoms with van der Waals surface area (Å²) < 4.78 is 5.49. The highest BCUT2D eigenvalue weighted by Crippen LogP contribution is 2.45. The normalized spacial score (nSPS) is 25.2. The molecule has 116 valence electrons. The van der Waals surface area contributed by atoms with Gasteiger partial charge in [-0.3, -0.25) is 9.69 Å². The van der Waals surface area contributed by atoms with Crippen molar-refractivity contribution >= 4 is 5.97 Å². The molecule has 2 atom stereocenters. The van der Waals surface area contributed by atoms with Crippen LogP contribution in [0.4, 0.5) is 0 Å². The summed E-state index contributed by atoms with van der Waals surface area (Å²) in [5, 5.41) is 0. The van der Waals surface area contributed by atoms with Crippen LogP contribution in [0.25, 0.3) is 0 Å². The summed E-state index contributed by atoms with van der Waals surface area (Å²) in [6.07, 6.45) is 3.03. The number of nitrogens with zero attached hydrogens (tertiary/aromatic N) is 1. The van der Waals surface area contributed by atoms with Crippen LogP contribution in [0.15, 0.2) is 30.3 Å². The molecule has 1 aliphatic rings. The Hall–Kier alpha value is -1.35. The van der Waals surface area contributed by atoms with E-state index in [4.69, 9.17) is 4.74 Å². The number of hydrogen-bond donors (Lipinski definition) is 0. The highest BCUT2D eigenvalue weighted by Gasteiger charge is 2.53. The van der Waals surface area contributed by atoms with E-state index < -0.39 is 5.41 Å². The van der Waals surface area contributed by atoms with Gasteiger partial charge in [0.2, 0.25) is 0 Å². The number of benzene rings is 1. The van der Waals surface area contributed by atoms with Crippen LogP contribution in [0.5, 0.6) is 0 Å². The molecular formula is C18H27NO2. The third-order valence-electron chi connectivity index (χ3n) is 4.80. The first-order valence-corrected chi connectivity index (χ1v) is 8.17. The van der Waals surface area contributed by atoms with Crippen molar-refractivity contribution in [2.75, 3.05) is 19.7 Å². The van der Waals surface area contributed by atoms with Crippen molar-refractivity contribution in [1.82, 2.24) is 4.90 Å². The molecule has 2 rings (SSSR count). The van der Waals surface area contributed by atoms with E-state index in [1.807, 2.05) is 25.1 Å². The van der Waals surface area contributed by atoms with E-state index in [1.54, 1.807) is 0 Å². The standard InChI is InChI=1S/C18H27NO2/c1-4-19(5-2)16-13-10-14-18(16,17(20)21-6-3)15-11-8-7-9-12-15/h7-9,11-12,16H,4-6,10,13-14H2,1-3H3. The fraction of sp³-hybridized carbons (Fsp3) is 0.611. The summed E-state index contributed by atoms with van der Waals surface area (Å²) in [5.74, 6) is -0.0504. The SMILES string of the molecule is CCOC(=O)C1(c2ccccc2)CCCC1N(CC)CC. The molecule has 3 heteroatoms. The second-order valence-corrected chi connectivity index (χ2v) is 5.69. The van der Waals surface area contributed by atoms with Crippen LogP contribution >= 0.6 is 0 Å². The van der Waals surface area contributed by atoms with E-state index in [0.29, 0.717) is 6.61 Å². The molecule has 0 saturated heterocycles. The topological polar surface area (TPSA) is 29.5 Å². The van der Waals surface area contributed by atoms with Gasteiger partial charge in [-0.1, -0.05) is 50.6 Å². The Morgan fingerprint density at radius 2 is 1.90 bits per heavy atom. The summed E-state index contributed by atoms with van der Waals surface area (Å²) >= 11 is 0. The van der Waals surface area contributed by atoms with E-state index >= 15 is 0 Å². The van der Waals surface area contributed by atoms with E-state index in [2.05, 4.69) is 30.9 Å². The molecule has 21 heavy (non-hydrogen) atoms. The quantitative estimate of drug-likeness (QED) is 0.752. The fourth-order valence-corrected chi connectivity index (χ4v) is 3.83. The predicted octanol–water partition coefficient (Wildman–Crippen LogP) is 3.38. The van der Waals surface area contributed by atoms with E-state index in [0.717, 1.165) is 37.9 Å². The Balaban J connectivity index is 2.47. The Morgan fingerprint density at radius 1 is 1.24 bits per heavy atom. The minimum Gasteiger partial charge on any atom is -0.465 e. The molecule has 1 saturated carbocycles. The van der Waals surface area contributed by atoms with Gasteiger partial charge < -0.3 is 4.74 Å². The lowest BCUT2D eigenvalue weighted by molar-refractivity contribution is -0.152. The van der Waals surface area contributed by atoms with E-state index in [9.17, 15) is 4.79 Å². The molecule has 2 unspecified atom stereocenters. The zero-order valence-corrected chi connectivity index (χ0v) is 13.5. The van der Waals surface area contributed by atoms with Crippen molar-refractivity contribution in [2.45, 2.75) is 51.5 Å². The van der Waals surface area contributed by atoms with Crippen LogP contribution < -0.4 is 0 Å². The average Bonchev–Trinajstić information content (AvgIpc) is 2.96. The smallest absolute Gasteiger partial charge is 0.318 e. The Bertz CT molecular complexity index is 456. The van der Waals surface area contributed by atoms with Crippen molar-refractivity contribution < 1.29 is 9.53 Å². The number of carbonyl (C=O) groups excluding carboxylic acids is 1. The van der Waals surface area contributed by atoms with Crippen molar-refractivity contribution in [1.29, 1.82) is 0 Å². The average molecular weight is 289 g/mol. The Kier molecular flexibility index (Phi) is 5.40. The van der Waals surface area contributed by atoms with Crippen LogP contribution in [-0.4, -0.2) is 36.6 Å². The monoisotopic (exact) mass is 289 g/mol. The number of ether oxygens (including phenoxy) is 1. The van der Waals surface area contributed by atoms with Crippen LogP contribution in [0.1, 0.15) is 45.6 Å². The highest BCUT2D eigenvalue weighted by molar-refractivity contribution is 5.85. The van der Waals surface area contributed by atoms with Gasteiger partial charge in [0, 0.05) is 6.04 Å². The van der Waals surface area contributed by atoms with Crippen molar-refractivity contribution in [3.05, 3.63) is 35.9 Å². The van der Waals surface area contributed by atoms with Crippen LogP contribution in [0.2, 0.25) is 0 Å². The molecule has 0 aliphatic heterocycles. The van der Waals surface area contributed by atoms with E-state index in [1.165, 1.54) is 0 Å². The maximum Gasteiger partial charge on any atom is 0.318 e. The van der Waals surface area contributed by atoms with Crippen LogP contribution in [-0.2, 0) is 14.9 Å². The zero-order valence-electron chi connectivity index (χ0n) is 13.5. The summed E-state index contributed by atoms with van der Waals surface area (Å²) in [5.41, 5.74) is 0.612. The highest BCUT2D eigenvalue weighted by atomic mass is 16.5. The number of esters is 1. The Labute approximate surface area is 128 Å². The third-order valence-corrected chi connectivity index (χ3v) is 4.80. The number of hydrogen-bond acceptors (Lipinski definition) is 3. The van der Waals surface area contributed by atoms with Gasteiger partial charge in [-0.2, -0.15) is 0 Å². The second kappa shape index (κ2) is 7.08. The predicted molar refractivity (Wildman–Crippen MR) is 85.3 cm³/mol. The van der Waals surface area contributed by atoms with Gasteiger partial charge in [0.1, 0.15) is 5.41 Å². The van der Waals surface area contributed by atoms with Gasteiger partial charge in [-0.25, -0.2) is 0 Å². The lowest BCUT2D eigenvalue weighted by Crippen LogP contribution is -2.52. The summed E-state index contributed by atoms with van der Waals surface area (Å²) in [6.45, 7) is 8.60. The largest absolute Gasteiger partial charge is 0.465 e. The van der Waals surface area contributed by atoms with Gasteiger partial charge in [0.25, 0.3) is 0 Å². The molecule has 0 spiro atoms. The molecule has 0 bridgehead atoms. The molecular weight excluding hydrogens is 262 g/mol. The molecule has 1 fully saturated rings. The zero-order chi connectivity index (χ0) is 15.3. The first-order chi connectivity index (χ1) is 10.2. The molecule has 0 radical (unpaired) electrons. The third kappa shape index (κ3) is 2.84. The summed E-state index contributed by atoms with van der Waals surface area (Å²) in [6, 6.07) is 10.5. The maximum absolute atomic E-state index is 12.9. The van der Waals surface area contributed by atoms with Gasteiger partial charge in [0.15, 0.2) is 0 Å². The molecule has 0 amide bonds. The Morgan fingerprint density at radius 3 is 2.48 bits per heavy atom. The van der Waals surface area contributed by atoms with Gasteiger partial charge in [-0.15, -0.1) is 0 Å². The van der Waals surface area contributed by atoms with Crippen LogP contribution in [0, 0.1) is 0 Å². The molecule has 1 aromatic rings. The number of carbonyl (C=O) groups is 1. The van der Waals surface area contributed by atoms with Crippen LogP contribution in [0.3, 0.4) is 0 Å². The van der Waals surface area contributed by atoms with Gasteiger partial charge >= 0.3 is 5.97 Å². The van der Waals surface area contributed by atoms with Crippen molar-refractivity contribution in [2.24, 2.45) is 0 Å². The van der Waals surface area contributed by atoms with Gasteiger partial charge in [0.05, 0.1) is 6.61 Å². The van der Waals surface area contributed by atoms with E-state index in [-0.39, 0.29) is 12.0 Å². The molecule has 3 nitrogen and oxygen atoms in total. The molecule has 1 aliphatic carbocycles. The molecule has 0 aromatic heterocycles. The minimum absolute atomic E-state index is 0.0504. The van der Waals surface area contributed by atoms with Crippen molar-refractivity contribution in [3.63, 3.8) is 0 Å². The number of likely N-dealkylation sites (N-methyl/N-ethyl adjacent to an activating group) is 1. The fourth-order valence-electron chi connectivity index (χ4n) is 3.83. The van der Waals surface area contributed by atoms with Crippen molar-refractivity contribution in [3.8, 4) is 0 Å². The maximum atomic E-state index is 12.9. The van der Waals surface area contributed by atoms with Gasteiger partial charge in [-0.05, 0) is 38.4 Å². The molecule has 1 aromatic carbocycles. The summed E-state index contributed by atoms with van der Waals surface area (Å²) in [7, 11) is 0. The molecule has 0 heterocycles. The lowest BCUT2D eigenvalue weighted by atomic mass is 9.75.